The van der Waals surface area contributed by atoms with Gasteiger partial charge in [-0.3, -0.25) is 0 Å². The number of rotatable bonds is 3. The zero-order valence-electron chi connectivity index (χ0n) is 9.26. The Morgan fingerprint density at radius 3 is 2.39 bits per heavy atom. The van der Waals surface area contributed by atoms with Crippen LogP contribution in [0.1, 0.15) is 10.4 Å². The van der Waals surface area contributed by atoms with Gasteiger partial charge in [-0.1, -0.05) is 23.4 Å². The summed E-state index contributed by atoms with van der Waals surface area (Å²) in [5.41, 5.74) is 6.47. The van der Waals surface area contributed by atoms with Gasteiger partial charge >= 0.3 is 5.97 Å². The minimum atomic E-state index is -0.982. The van der Waals surface area contributed by atoms with Gasteiger partial charge in [-0.2, -0.15) is 0 Å². The van der Waals surface area contributed by atoms with Gasteiger partial charge in [0.1, 0.15) is 0 Å². The van der Waals surface area contributed by atoms with Crippen LogP contribution in [-0.4, -0.2) is 11.1 Å². The van der Waals surface area contributed by atoms with Crippen LogP contribution in [0.2, 0.25) is 5.02 Å². The molecule has 0 saturated heterocycles. The second-order valence-electron chi connectivity index (χ2n) is 3.61. The first-order valence-electron chi connectivity index (χ1n) is 5.12. The second kappa shape index (κ2) is 5.33. The fourth-order valence-corrected chi connectivity index (χ4v) is 2.37. The summed E-state index contributed by atoms with van der Waals surface area (Å²) < 4.78 is 0. The third-order valence-corrected chi connectivity index (χ3v) is 3.65. The van der Waals surface area contributed by atoms with E-state index in [1.54, 1.807) is 18.2 Å². The lowest BCUT2D eigenvalue weighted by Gasteiger charge is -2.06. The molecular weight excluding hydrogens is 270 g/mol. The summed E-state index contributed by atoms with van der Waals surface area (Å²) in [5.74, 6) is -0.982. The van der Waals surface area contributed by atoms with E-state index in [2.05, 4.69) is 0 Å². The molecule has 0 aliphatic rings. The summed E-state index contributed by atoms with van der Waals surface area (Å²) in [6.45, 7) is 0. The Bertz CT molecular complexity index is 584. The number of carboxylic acids is 1. The van der Waals surface area contributed by atoms with Crippen molar-refractivity contribution in [2.75, 3.05) is 5.73 Å². The molecule has 0 aromatic heterocycles. The molecule has 0 saturated carbocycles. The first-order chi connectivity index (χ1) is 8.56. The van der Waals surface area contributed by atoms with Crippen molar-refractivity contribution in [3.8, 4) is 0 Å². The van der Waals surface area contributed by atoms with Gasteiger partial charge in [0.15, 0.2) is 0 Å². The number of carbonyl (C=O) groups is 1. The van der Waals surface area contributed by atoms with Crippen LogP contribution in [0.25, 0.3) is 0 Å². The van der Waals surface area contributed by atoms with Gasteiger partial charge in [-0.15, -0.1) is 0 Å². The van der Waals surface area contributed by atoms with Crippen LogP contribution >= 0.6 is 23.4 Å². The molecule has 0 radical (unpaired) electrons. The Morgan fingerprint density at radius 2 is 1.83 bits per heavy atom. The normalized spacial score (nSPS) is 10.3. The summed E-state index contributed by atoms with van der Waals surface area (Å²) in [7, 11) is 0. The standard InChI is InChI=1S/C13H10ClNO2S/c14-9-2-4-10(5-3-9)18-12-6-1-8(13(16)17)7-11(12)15/h1-7H,15H2,(H,16,17). The molecule has 5 heteroatoms. The third-order valence-electron chi connectivity index (χ3n) is 2.30. The van der Waals surface area contributed by atoms with Crippen LogP contribution in [0.4, 0.5) is 5.69 Å². The lowest BCUT2D eigenvalue weighted by atomic mass is 10.2. The Morgan fingerprint density at radius 1 is 1.17 bits per heavy atom. The molecule has 0 unspecified atom stereocenters. The largest absolute Gasteiger partial charge is 0.478 e. The summed E-state index contributed by atoms with van der Waals surface area (Å²) >= 11 is 7.27. The van der Waals surface area contributed by atoms with E-state index < -0.39 is 5.97 Å². The maximum atomic E-state index is 10.8. The molecule has 0 aliphatic carbocycles. The Kier molecular flexibility index (Phi) is 3.79. The van der Waals surface area contributed by atoms with Gasteiger partial charge in [-0.05, 0) is 42.5 Å². The van der Waals surface area contributed by atoms with Crippen molar-refractivity contribution >= 4 is 35.0 Å². The van der Waals surface area contributed by atoms with Crippen molar-refractivity contribution in [1.82, 2.24) is 0 Å². The predicted octanol–water partition coefficient (Wildman–Crippen LogP) is 3.77. The molecule has 3 N–H and O–H groups in total. The molecule has 3 nitrogen and oxygen atoms in total. The molecule has 0 atom stereocenters. The van der Waals surface area contributed by atoms with Crippen LogP contribution in [0.15, 0.2) is 52.3 Å². The van der Waals surface area contributed by atoms with Gasteiger partial charge in [0.2, 0.25) is 0 Å². The van der Waals surface area contributed by atoms with E-state index in [0.717, 1.165) is 9.79 Å². The number of aromatic carboxylic acids is 1. The van der Waals surface area contributed by atoms with Crippen LogP contribution in [-0.2, 0) is 0 Å². The zero-order valence-corrected chi connectivity index (χ0v) is 10.8. The molecule has 0 fully saturated rings. The monoisotopic (exact) mass is 279 g/mol. The highest BCUT2D eigenvalue weighted by molar-refractivity contribution is 7.99. The highest BCUT2D eigenvalue weighted by Crippen LogP contribution is 2.33. The van der Waals surface area contributed by atoms with Crippen LogP contribution in [0, 0.1) is 0 Å². The lowest BCUT2D eigenvalue weighted by Crippen LogP contribution is -1.98. The number of nitrogen functional groups attached to an aromatic ring is 1. The molecule has 0 bridgehead atoms. The Hall–Kier alpha value is -1.65. The molecule has 0 spiro atoms. The quantitative estimate of drug-likeness (QED) is 0.840. The smallest absolute Gasteiger partial charge is 0.335 e. The number of benzene rings is 2. The molecule has 0 aliphatic heterocycles. The summed E-state index contributed by atoms with van der Waals surface area (Å²) in [4.78, 5) is 12.6. The van der Waals surface area contributed by atoms with Crippen molar-refractivity contribution < 1.29 is 9.90 Å². The van der Waals surface area contributed by atoms with Crippen molar-refractivity contribution in [3.05, 3.63) is 53.1 Å². The number of hydrogen-bond acceptors (Lipinski definition) is 3. The van der Waals surface area contributed by atoms with E-state index in [4.69, 9.17) is 22.4 Å². The first-order valence-corrected chi connectivity index (χ1v) is 6.32. The highest BCUT2D eigenvalue weighted by Gasteiger charge is 2.07. The SMILES string of the molecule is Nc1cc(C(=O)O)ccc1Sc1ccc(Cl)cc1. The topological polar surface area (TPSA) is 63.3 Å². The van der Waals surface area contributed by atoms with E-state index in [-0.39, 0.29) is 5.56 Å². The summed E-state index contributed by atoms with van der Waals surface area (Å²) in [6, 6.07) is 12.1. The van der Waals surface area contributed by atoms with E-state index in [1.807, 2.05) is 12.1 Å². The molecule has 0 heterocycles. The molecule has 0 amide bonds. The number of nitrogens with two attached hydrogens (primary N) is 1. The van der Waals surface area contributed by atoms with Gasteiger partial charge in [0.25, 0.3) is 0 Å². The fraction of sp³-hybridized carbons (Fsp3) is 0. The van der Waals surface area contributed by atoms with Crippen LogP contribution in [0.5, 0.6) is 0 Å². The average Bonchev–Trinajstić information content (AvgIpc) is 2.34. The van der Waals surface area contributed by atoms with Crippen molar-refractivity contribution in [2.24, 2.45) is 0 Å². The van der Waals surface area contributed by atoms with E-state index in [0.29, 0.717) is 10.7 Å². The zero-order chi connectivity index (χ0) is 13.1. The van der Waals surface area contributed by atoms with Gasteiger partial charge in [-0.25, -0.2) is 4.79 Å². The van der Waals surface area contributed by atoms with Gasteiger partial charge < -0.3 is 10.8 Å². The van der Waals surface area contributed by atoms with Crippen LogP contribution in [0.3, 0.4) is 0 Å². The molecule has 2 rings (SSSR count). The van der Waals surface area contributed by atoms with Crippen LogP contribution < -0.4 is 5.73 Å². The Balaban J connectivity index is 2.24. The molecule has 2 aromatic carbocycles. The first kappa shape index (κ1) is 12.8. The minimum Gasteiger partial charge on any atom is -0.478 e. The Labute approximate surface area is 114 Å². The van der Waals surface area contributed by atoms with E-state index in [1.165, 1.54) is 23.9 Å². The average molecular weight is 280 g/mol. The minimum absolute atomic E-state index is 0.188. The van der Waals surface area contributed by atoms with Crippen molar-refractivity contribution in [3.63, 3.8) is 0 Å². The number of carboxylic acid groups (broad SMARTS) is 1. The molecule has 18 heavy (non-hydrogen) atoms. The predicted molar refractivity (Wildman–Crippen MR) is 73.4 cm³/mol. The molecular formula is C13H10ClNO2S. The molecule has 92 valence electrons. The third kappa shape index (κ3) is 2.97. The van der Waals surface area contributed by atoms with E-state index >= 15 is 0 Å². The maximum Gasteiger partial charge on any atom is 0.335 e. The highest BCUT2D eigenvalue weighted by atomic mass is 35.5. The maximum absolute atomic E-state index is 10.8. The fourth-order valence-electron chi connectivity index (χ4n) is 1.40. The lowest BCUT2D eigenvalue weighted by molar-refractivity contribution is 0.0697. The van der Waals surface area contributed by atoms with Gasteiger partial charge in [0, 0.05) is 20.5 Å². The van der Waals surface area contributed by atoms with Crippen molar-refractivity contribution in [2.45, 2.75) is 9.79 Å². The van der Waals surface area contributed by atoms with E-state index in [9.17, 15) is 4.79 Å². The number of halogens is 1. The second-order valence-corrected chi connectivity index (χ2v) is 5.17. The number of hydrogen-bond donors (Lipinski definition) is 2. The summed E-state index contributed by atoms with van der Waals surface area (Å²) in [6.07, 6.45) is 0. The summed E-state index contributed by atoms with van der Waals surface area (Å²) in [5, 5.41) is 9.52. The number of anilines is 1. The van der Waals surface area contributed by atoms with Gasteiger partial charge in [0.05, 0.1) is 5.56 Å². The van der Waals surface area contributed by atoms with Crippen molar-refractivity contribution in [1.29, 1.82) is 0 Å². The molecule has 2 aromatic rings.